The predicted molar refractivity (Wildman–Crippen MR) is 55.2 cm³/mol. The highest BCUT2D eigenvalue weighted by Crippen LogP contribution is 2.17. The van der Waals surface area contributed by atoms with Crippen LogP contribution in [0.4, 0.5) is 10.2 Å². The minimum Gasteiger partial charge on any atom is -0.381 e. The Balaban J connectivity index is 2.59. The lowest BCUT2D eigenvalue weighted by Gasteiger charge is -2.04. The zero-order valence-corrected chi connectivity index (χ0v) is 8.53. The van der Waals surface area contributed by atoms with Gasteiger partial charge in [-0.15, -0.1) is 5.10 Å². The van der Waals surface area contributed by atoms with Crippen LogP contribution >= 0.6 is 0 Å². The van der Waals surface area contributed by atoms with Crippen molar-refractivity contribution in [2.24, 2.45) is 0 Å². The Morgan fingerprint density at radius 3 is 2.60 bits per heavy atom. The number of benzene rings is 1. The van der Waals surface area contributed by atoms with Crippen molar-refractivity contribution in [2.45, 2.75) is 13.8 Å². The van der Waals surface area contributed by atoms with Gasteiger partial charge in [0.1, 0.15) is 11.5 Å². The maximum absolute atomic E-state index is 13.6. The number of nitrogens with zero attached hydrogens (tertiary/aromatic N) is 3. The molecule has 78 valence electrons. The van der Waals surface area contributed by atoms with Gasteiger partial charge in [0.2, 0.25) is 0 Å². The summed E-state index contributed by atoms with van der Waals surface area (Å²) in [6.45, 7) is 3.57. The van der Waals surface area contributed by atoms with Gasteiger partial charge < -0.3 is 5.73 Å². The van der Waals surface area contributed by atoms with E-state index in [0.29, 0.717) is 17.2 Å². The third kappa shape index (κ3) is 1.56. The molecule has 5 heteroatoms. The summed E-state index contributed by atoms with van der Waals surface area (Å²) in [4.78, 5) is 0. The van der Waals surface area contributed by atoms with Crippen LogP contribution in [0.2, 0.25) is 0 Å². The maximum atomic E-state index is 13.6. The van der Waals surface area contributed by atoms with Crippen LogP contribution in [0.3, 0.4) is 0 Å². The van der Waals surface area contributed by atoms with E-state index < -0.39 is 0 Å². The van der Waals surface area contributed by atoms with Crippen LogP contribution in [0, 0.1) is 19.7 Å². The number of nitrogen functional groups attached to an aromatic ring is 1. The minimum absolute atomic E-state index is 0.315. The molecule has 15 heavy (non-hydrogen) atoms. The number of aromatic nitrogens is 3. The molecule has 1 aromatic carbocycles. The number of halogens is 1. The zero-order chi connectivity index (χ0) is 11.0. The Labute approximate surface area is 86.5 Å². The van der Waals surface area contributed by atoms with Crippen LogP contribution in [-0.4, -0.2) is 15.0 Å². The second kappa shape index (κ2) is 3.34. The molecule has 1 aromatic heterocycles. The van der Waals surface area contributed by atoms with E-state index in [2.05, 4.69) is 10.3 Å². The fourth-order valence-corrected chi connectivity index (χ4v) is 1.35. The molecule has 2 rings (SSSR count). The average Bonchev–Trinajstić information content (AvgIpc) is 2.49. The van der Waals surface area contributed by atoms with Gasteiger partial charge in [-0.25, -0.2) is 9.07 Å². The highest BCUT2D eigenvalue weighted by atomic mass is 19.1. The lowest BCUT2D eigenvalue weighted by Crippen LogP contribution is -2.02. The molecule has 0 unspecified atom stereocenters. The van der Waals surface area contributed by atoms with Crippen LogP contribution in [-0.2, 0) is 0 Å². The van der Waals surface area contributed by atoms with Gasteiger partial charge >= 0.3 is 0 Å². The molecule has 0 fully saturated rings. The van der Waals surface area contributed by atoms with Crippen molar-refractivity contribution in [3.8, 4) is 5.69 Å². The Morgan fingerprint density at radius 1 is 1.33 bits per heavy atom. The number of anilines is 1. The number of nitrogens with two attached hydrogens (primary N) is 1. The monoisotopic (exact) mass is 206 g/mol. The molecule has 0 aliphatic heterocycles. The summed E-state index contributed by atoms with van der Waals surface area (Å²) in [5.41, 5.74) is 7.40. The van der Waals surface area contributed by atoms with E-state index in [1.807, 2.05) is 13.0 Å². The normalized spacial score (nSPS) is 10.6. The van der Waals surface area contributed by atoms with Crippen LogP contribution in [0.15, 0.2) is 18.2 Å². The number of aryl methyl sites for hydroxylation is 1. The lowest BCUT2D eigenvalue weighted by atomic mass is 10.2. The van der Waals surface area contributed by atoms with E-state index in [4.69, 9.17) is 5.73 Å². The fraction of sp³-hybridized carbons (Fsp3) is 0.200. The van der Waals surface area contributed by atoms with Crippen LogP contribution < -0.4 is 5.73 Å². The molecule has 0 saturated heterocycles. The van der Waals surface area contributed by atoms with Crippen molar-refractivity contribution < 1.29 is 4.39 Å². The SMILES string of the molecule is Cc1ccc(-n2nnc(N)c2C)c(F)c1. The summed E-state index contributed by atoms with van der Waals surface area (Å²) in [7, 11) is 0. The Kier molecular flexibility index (Phi) is 2.15. The predicted octanol–water partition coefficient (Wildman–Crippen LogP) is 1.61. The standard InChI is InChI=1S/C10H11FN4/c1-6-3-4-9(8(11)5-6)15-7(2)10(12)13-14-15/h3-5H,12H2,1-2H3. The molecule has 0 bridgehead atoms. The molecule has 1 heterocycles. The zero-order valence-electron chi connectivity index (χ0n) is 8.53. The summed E-state index contributed by atoms with van der Waals surface area (Å²) in [5.74, 6) is -0.0158. The molecule has 0 atom stereocenters. The quantitative estimate of drug-likeness (QED) is 0.771. The first-order valence-electron chi connectivity index (χ1n) is 4.54. The largest absolute Gasteiger partial charge is 0.381 e. The van der Waals surface area contributed by atoms with Crippen molar-refractivity contribution in [3.05, 3.63) is 35.3 Å². The summed E-state index contributed by atoms with van der Waals surface area (Å²) in [6, 6.07) is 4.92. The highest BCUT2D eigenvalue weighted by molar-refractivity contribution is 5.41. The summed E-state index contributed by atoms with van der Waals surface area (Å²) >= 11 is 0. The topological polar surface area (TPSA) is 56.7 Å². The first-order chi connectivity index (χ1) is 7.09. The van der Waals surface area contributed by atoms with E-state index in [-0.39, 0.29) is 5.82 Å². The minimum atomic E-state index is -0.331. The molecule has 0 amide bonds. The maximum Gasteiger partial charge on any atom is 0.169 e. The molecule has 0 aliphatic carbocycles. The molecule has 2 N–H and O–H groups in total. The number of hydrogen-bond donors (Lipinski definition) is 1. The van der Waals surface area contributed by atoms with Gasteiger partial charge in [-0.05, 0) is 31.5 Å². The molecule has 2 aromatic rings. The fourth-order valence-electron chi connectivity index (χ4n) is 1.35. The van der Waals surface area contributed by atoms with E-state index in [9.17, 15) is 4.39 Å². The molecule has 0 radical (unpaired) electrons. The summed E-state index contributed by atoms with van der Waals surface area (Å²) < 4.78 is 15.0. The van der Waals surface area contributed by atoms with Crippen molar-refractivity contribution in [1.82, 2.24) is 15.0 Å². The van der Waals surface area contributed by atoms with Crippen LogP contribution in [0.25, 0.3) is 5.69 Å². The first-order valence-corrected chi connectivity index (χ1v) is 4.54. The van der Waals surface area contributed by atoms with E-state index in [1.54, 1.807) is 13.0 Å². The molecular formula is C10H11FN4. The number of hydrogen-bond acceptors (Lipinski definition) is 3. The van der Waals surface area contributed by atoms with E-state index >= 15 is 0 Å². The molecule has 0 spiro atoms. The Hall–Kier alpha value is -1.91. The molecule has 0 aliphatic rings. The smallest absolute Gasteiger partial charge is 0.169 e. The van der Waals surface area contributed by atoms with Gasteiger partial charge in [-0.1, -0.05) is 11.3 Å². The Bertz CT molecular complexity index is 504. The second-order valence-electron chi connectivity index (χ2n) is 3.43. The van der Waals surface area contributed by atoms with Crippen LogP contribution in [0.1, 0.15) is 11.3 Å². The third-order valence-corrected chi connectivity index (χ3v) is 2.26. The third-order valence-electron chi connectivity index (χ3n) is 2.26. The van der Waals surface area contributed by atoms with E-state index in [1.165, 1.54) is 10.7 Å². The van der Waals surface area contributed by atoms with E-state index in [0.717, 1.165) is 5.56 Å². The first kappa shape index (κ1) is 9.64. The van der Waals surface area contributed by atoms with Crippen molar-refractivity contribution in [3.63, 3.8) is 0 Å². The highest BCUT2D eigenvalue weighted by Gasteiger charge is 2.10. The van der Waals surface area contributed by atoms with Gasteiger partial charge in [0.25, 0.3) is 0 Å². The van der Waals surface area contributed by atoms with Gasteiger partial charge in [-0.2, -0.15) is 0 Å². The average molecular weight is 206 g/mol. The Morgan fingerprint density at radius 2 is 2.07 bits per heavy atom. The summed E-state index contributed by atoms with van der Waals surface area (Å²) in [5, 5.41) is 7.46. The lowest BCUT2D eigenvalue weighted by molar-refractivity contribution is 0.603. The second-order valence-corrected chi connectivity index (χ2v) is 3.43. The molecule has 4 nitrogen and oxygen atoms in total. The molecular weight excluding hydrogens is 195 g/mol. The van der Waals surface area contributed by atoms with Gasteiger partial charge in [-0.3, -0.25) is 0 Å². The van der Waals surface area contributed by atoms with Gasteiger partial charge in [0.15, 0.2) is 5.82 Å². The van der Waals surface area contributed by atoms with Crippen molar-refractivity contribution >= 4 is 5.82 Å². The van der Waals surface area contributed by atoms with Gasteiger partial charge in [0, 0.05) is 0 Å². The number of rotatable bonds is 1. The van der Waals surface area contributed by atoms with Gasteiger partial charge in [0.05, 0.1) is 5.69 Å². The van der Waals surface area contributed by atoms with Crippen molar-refractivity contribution in [1.29, 1.82) is 0 Å². The summed E-state index contributed by atoms with van der Waals surface area (Å²) in [6.07, 6.45) is 0. The van der Waals surface area contributed by atoms with Crippen LogP contribution in [0.5, 0.6) is 0 Å². The van der Waals surface area contributed by atoms with Crippen molar-refractivity contribution in [2.75, 3.05) is 5.73 Å². The molecule has 0 saturated carbocycles.